The molecule has 2 rings (SSSR count). The number of thiazole rings is 1. The Morgan fingerprint density at radius 1 is 1.57 bits per heavy atom. The lowest BCUT2D eigenvalue weighted by atomic mass is 10.1. The first-order valence-electron chi connectivity index (χ1n) is 7.11. The van der Waals surface area contributed by atoms with E-state index in [1.165, 1.54) is 11.3 Å². The monoisotopic (exact) mass is 310 g/mol. The molecule has 1 unspecified atom stereocenters. The van der Waals surface area contributed by atoms with Gasteiger partial charge in [0, 0.05) is 24.9 Å². The number of anilines is 1. The summed E-state index contributed by atoms with van der Waals surface area (Å²) < 4.78 is 0. The average Bonchev–Trinajstić information content (AvgIpc) is 2.96. The number of carbonyl (C=O) groups is 2. The quantitative estimate of drug-likeness (QED) is 0.857. The molecule has 6 nitrogen and oxygen atoms in total. The van der Waals surface area contributed by atoms with Crippen molar-refractivity contribution in [1.82, 2.24) is 14.8 Å². The molecule has 7 heteroatoms. The molecule has 0 spiro atoms. The van der Waals surface area contributed by atoms with E-state index >= 15 is 0 Å². The molecule has 0 radical (unpaired) electrons. The van der Waals surface area contributed by atoms with Crippen LogP contribution in [0.1, 0.15) is 18.5 Å². The van der Waals surface area contributed by atoms with E-state index in [0.717, 1.165) is 25.2 Å². The Morgan fingerprint density at radius 3 is 2.95 bits per heavy atom. The average molecular weight is 310 g/mol. The highest BCUT2D eigenvalue weighted by Crippen LogP contribution is 2.21. The van der Waals surface area contributed by atoms with Crippen LogP contribution in [-0.4, -0.2) is 60.3 Å². The van der Waals surface area contributed by atoms with Crippen molar-refractivity contribution in [3.8, 4) is 0 Å². The Balaban J connectivity index is 1.82. The number of hydrogen-bond acceptors (Lipinski definition) is 5. The minimum atomic E-state index is -0.263. The number of amides is 2. The van der Waals surface area contributed by atoms with E-state index in [1.807, 2.05) is 26.4 Å². The van der Waals surface area contributed by atoms with E-state index < -0.39 is 0 Å². The van der Waals surface area contributed by atoms with E-state index in [-0.39, 0.29) is 17.7 Å². The number of likely N-dealkylation sites (tertiary alicyclic amines) is 1. The first kappa shape index (κ1) is 15.9. The molecule has 1 fully saturated rings. The van der Waals surface area contributed by atoms with Crippen LogP contribution >= 0.6 is 11.3 Å². The van der Waals surface area contributed by atoms with E-state index in [1.54, 1.807) is 4.90 Å². The number of carbonyl (C=O) groups excluding carboxylic acids is 2. The number of nitrogens with one attached hydrogen (secondary N) is 1. The normalized spacial score (nSPS) is 18.6. The summed E-state index contributed by atoms with van der Waals surface area (Å²) in [5.74, 6) is -0.293. The van der Waals surface area contributed by atoms with Crippen LogP contribution in [0.2, 0.25) is 0 Å². The summed E-state index contributed by atoms with van der Waals surface area (Å²) in [7, 11) is 4.02. The zero-order chi connectivity index (χ0) is 15.4. The van der Waals surface area contributed by atoms with Crippen molar-refractivity contribution in [1.29, 1.82) is 0 Å². The first-order chi connectivity index (χ1) is 9.95. The van der Waals surface area contributed by atoms with Gasteiger partial charge >= 0.3 is 0 Å². The van der Waals surface area contributed by atoms with E-state index in [2.05, 4.69) is 15.2 Å². The van der Waals surface area contributed by atoms with Crippen molar-refractivity contribution in [2.75, 3.05) is 39.0 Å². The third-order valence-corrected chi connectivity index (χ3v) is 4.34. The molecular weight excluding hydrogens is 288 g/mol. The third-order valence-electron chi connectivity index (χ3n) is 3.47. The minimum absolute atomic E-state index is 0.0734. The maximum atomic E-state index is 12.2. The van der Waals surface area contributed by atoms with Gasteiger partial charge in [-0.25, -0.2) is 4.98 Å². The van der Waals surface area contributed by atoms with Gasteiger partial charge < -0.3 is 15.1 Å². The molecule has 1 aliphatic heterocycles. The van der Waals surface area contributed by atoms with Crippen LogP contribution in [0.3, 0.4) is 0 Å². The zero-order valence-electron chi connectivity index (χ0n) is 12.8. The molecule has 2 amide bonds. The molecule has 2 heterocycles. The van der Waals surface area contributed by atoms with Crippen LogP contribution in [-0.2, 0) is 9.59 Å². The zero-order valence-corrected chi connectivity index (χ0v) is 13.6. The number of hydrogen-bond donors (Lipinski definition) is 1. The lowest BCUT2D eigenvalue weighted by Gasteiger charge is -2.17. The Morgan fingerprint density at radius 2 is 2.33 bits per heavy atom. The summed E-state index contributed by atoms with van der Waals surface area (Å²) in [6.45, 7) is 4.07. The molecule has 1 aliphatic rings. The highest BCUT2D eigenvalue weighted by atomic mass is 32.1. The van der Waals surface area contributed by atoms with E-state index in [9.17, 15) is 9.59 Å². The standard InChI is InChI=1S/C14H22N4O2S/c1-10-9-21-14(15-10)16-13(20)11-7-12(19)18(8-11)6-4-5-17(2)3/h9,11H,4-8H2,1-3H3,(H,15,16,20). The lowest BCUT2D eigenvalue weighted by Crippen LogP contribution is -2.30. The van der Waals surface area contributed by atoms with Crippen molar-refractivity contribution >= 4 is 28.3 Å². The molecule has 116 valence electrons. The number of nitrogens with zero attached hydrogens (tertiary/aromatic N) is 3. The van der Waals surface area contributed by atoms with Crippen molar-refractivity contribution < 1.29 is 9.59 Å². The fourth-order valence-electron chi connectivity index (χ4n) is 2.36. The molecule has 0 bridgehead atoms. The summed E-state index contributed by atoms with van der Waals surface area (Å²) in [6.07, 6.45) is 1.23. The second kappa shape index (κ2) is 7.00. The molecule has 1 saturated heterocycles. The maximum Gasteiger partial charge on any atom is 0.231 e. The summed E-state index contributed by atoms with van der Waals surface area (Å²) >= 11 is 1.41. The van der Waals surface area contributed by atoms with Gasteiger partial charge in [-0.2, -0.15) is 0 Å². The molecule has 0 saturated carbocycles. The van der Waals surface area contributed by atoms with E-state index in [0.29, 0.717) is 18.1 Å². The lowest BCUT2D eigenvalue weighted by molar-refractivity contribution is -0.128. The smallest absolute Gasteiger partial charge is 0.231 e. The Bertz CT molecular complexity index is 515. The SMILES string of the molecule is Cc1csc(NC(=O)C2CC(=O)N(CCCN(C)C)C2)n1. The van der Waals surface area contributed by atoms with Crippen LogP contribution in [0.25, 0.3) is 0 Å². The van der Waals surface area contributed by atoms with Crippen LogP contribution in [0.15, 0.2) is 5.38 Å². The van der Waals surface area contributed by atoms with Gasteiger partial charge in [0.15, 0.2) is 5.13 Å². The Labute approximate surface area is 129 Å². The topological polar surface area (TPSA) is 65.5 Å². The fraction of sp³-hybridized carbons (Fsp3) is 0.643. The predicted molar refractivity (Wildman–Crippen MR) is 83.3 cm³/mol. The van der Waals surface area contributed by atoms with Crippen LogP contribution in [0, 0.1) is 12.8 Å². The van der Waals surface area contributed by atoms with Gasteiger partial charge in [0.25, 0.3) is 0 Å². The number of aryl methyl sites for hydroxylation is 1. The highest BCUT2D eigenvalue weighted by molar-refractivity contribution is 7.13. The molecule has 21 heavy (non-hydrogen) atoms. The van der Waals surface area contributed by atoms with E-state index in [4.69, 9.17) is 0 Å². The molecule has 1 atom stereocenters. The van der Waals surface area contributed by atoms with Gasteiger partial charge in [-0.1, -0.05) is 0 Å². The van der Waals surface area contributed by atoms with Gasteiger partial charge in [0.05, 0.1) is 11.6 Å². The first-order valence-corrected chi connectivity index (χ1v) is 7.99. The minimum Gasteiger partial charge on any atom is -0.342 e. The summed E-state index contributed by atoms with van der Waals surface area (Å²) in [5.41, 5.74) is 0.892. The second-order valence-corrected chi connectivity index (χ2v) is 6.54. The van der Waals surface area contributed by atoms with Crippen LogP contribution in [0.5, 0.6) is 0 Å². The molecular formula is C14H22N4O2S. The second-order valence-electron chi connectivity index (χ2n) is 5.68. The molecule has 0 aromatic carbocycles. The molecule has 0 aliphatic carbocycles. The largest absolute Gasteiger partial charge is 0.342 e. The number of aromatic nitrogens is 1. The number of rotatable bonds is 6. The fourth-order valence-corrected chi connectivity index (χ4v) is 3.05. The maximum absolute atomic E-state index is 12.2. The molecule has 1 aromatic rings. The van der Waals surface area contributed by atoms with Crippen molar-refractivity contribution in [3.63, 3.8) is 0 Å². The van der Waals surface area contributed by atoms with Crippen molar-refractivity contribution in [2.24, 2.45) is 5.92 Å². The molecule has 1 aromatic heterocycles. The summed E-state index contributed by atoms with van der Waals surface area (Å²) in [5, 5.41) is 5.30. The predicted octanol–water partition coefficient (Wildman–Crippen LogP) is 1.19. The highest BCUT2D eigenvalue weighted by Gasteiger charge is 2.34. The van der Waals surface area contributed by atoms with Gasteiger partial charge in [0.2, 0.25) is 11.8 Å². The van der Waals surface area contributed by atoms with Crippen LogP contribution in [0.4, 0.5) is 5.13 Å². The Kier molecular flexibility index (Phi) is 5.30. The molecule has 1 N–H and O–H groups in total. The van der Waals surface area contributed by atoms with Crippen molar-refractivity contribution in [3.05, 3.63) is 11.1 Å². The van der Waals surface area contributed by atoms with Gasteiger partial charge in [-0.15, -0.1) is 11.3 Å². The third kappa shape index (κ3) is 4.50. The summed E-state index contributed by atoms with van der Waals surface area (Å²) in [4.78, 5) is 32.2. The van der Waals surface area contributed by atoms with Crippen LogP contribution < -0.4 is 5.32 Å². The van der Waals surface area contributed by atoms with Gasteiger partial charge in [-0.3, -0.25) is 9.59 Å². The van der Waals surface area contributed by atoms with Gasteiger partial charge in [-0.05, 0) is 34.0 Å². The Hall–Kier alpha value is -1.47. The van der Waals surface area contributed by atoms with Crippen molar-refractivity contribution in [2.45, 2.75) is 19.8 Å². The summed E-state index contributed by atoms with van der Waals surface area (Å²) in [6, 6.07) is 0. The van der Waals surface area contributed by atoms with Gasteiger partial charge in [0.1, 0.15) is 0 Å².